The second-order valence-electron chi connectivity index (χ2n) is 6.90. The number of nitrogens with zero attached hydrogens (tertiary/aromatic N) is 5. The zero-order valence-corrected chi connectivity index (χ0v) is 15.5. The van der Waals surface area contributed by atoms with Crippen LogP contribution >= 0.6 is 0 Å². The van der Waals surface area contributed by atoms with Crippen molar-refractivity contribution in [3.8, 4) is 11.5 Å². The van der Waals surface area contributed by atoms with Gasteiger partial charge in [0, 0.05) is 37.1 Å². The minimum atomic E-state index is -0.139. The molecule has 0 spiro atoms. The number of carbonyl (C=O) groups excluding carboxylic acids is 1. The van der Waals surface area contributed by atoms with Gasteiger partial charge in [-0.2, -0.15) is 0 Å². The number of piperazine rings is 1. The van der Waals surface area contributed by atoms with Gasteiger partial charge in [0.05, 0.1) is 0 Å². The molecule has 1 saturated heterocycles. The lowest BCUT2D eigenvalue weighted by atomic mass is 10.1. The molecule has 1 fully saturated rings. The molecule has 4 rings (SSSR count). The van der Waals surface area contributed by atoms with Crippen LogP contribution in [0.2, 0.25) is 0 Å². The van der Waals surface area contributed by atoms with Crippen LogP contribution in [0.4, 0.5) is 5.82 Å². The van der Waals surface area contributed by atoms with Crippen molar-refractivity contribution in [2.75, 3.05) is 24.5 Å². The molecule has 3 heterocycles. The Balaban J connectivity index is 1.78. The van der Waals surface area contributed by atoms with Crippen molar-refractivity contribution in [2.24, 2.45) is 0 Å². The average molecular weight is 351 g/mol. The smallest absolute Gasteiger partial charge is 0.245 e. The summed E-state index contributed by atoms with van der Waals surface area (Å²) in [5.41, 5.74) is 3.13. The van der Waals surface area contributed by atoms with E-state index in [1.807, 2.05) is 30.0 Å². The molecule has 0 N–H and O–H groups in total. The number of amides is 1. The van der Waals surface area contributed by atoms with Crippen molar-refractivity contribution in [1.29, 1.82) is 0 Å². The summed E-state index contributed by atoms with van der Waals surface area (Å²) in [5.74, 6) is 1.83. The highest BCUT2D eigenvalue weighted by atomic mass is 16.2. The topological polar surface area (TPSA) is 62.2 Å². The average Bonchev–Trinajstić information content (AvgIpc) is 3.16. The van der Waals surface area contributed by atoms with Gasteiger partial charge in [-0.1, -0.05) is 13.0 Å². The lowest BCUT2D eigenvalue weighted by molar-refractivity contribution is -0.134. The van der Waals surface area contributed by atoms with Crippen molar-refractivity contribution < 1.29 is 4.79 Å². The van der Waals surface area contributed by atoms with Crippen LogP contribution in [0.25, 0.3) is 11.5 Å². The van der Waals surface area contributed by atoms with Gasteiger partial charge in [-0.3, -0.25) is 9.78 Å². The van der Waals surface area contributed by atoms with Gasteiger partial charge >= 0.3 is 0 Å². The van der Waals surface area contributed by atoms with E-state index in [-0.39, 0.29) is 11.9 Å². The Labute approximate surface area is 154 Å². The van der Waals surface area contributed by atoms with Crippen molar-refractivity contribution in [3.05, 3.63) is 35.7 Å². The maximum Gasteiger partial charge on any atom is 0.245 e. The van der Waals surface area contributed by atoms with E-state index in [0.717, 1.165) is 62.5 Å². The third kappa shape index (κ3) is 2.83. The largest absolute Gasteiger partial charge is 0.342 e. The lowest BCUT2D eigenvalue weighted by Gasteiger charge is -2.41. The number of hydrogen-bond donors (Lipinski definition) is 0. The first-order valence-corrected chi connectivity index (χ1v) is 9.59. The van der Waals surface area contributed by atoms with Gasteiger partial charge in [0.25, 0.3) is 0 Å². The Kier molecular flexibility index (Phi) is 4.57. The molecule has 1 aliphatic carbocycles. The Hall–Kier alpha value is -2.50. The van der Waals surface area contributed by atoms with E-state index in [9.17, 15) is 4.79 Å². The molecule has 1 amide bonds. The fourth-order valence-electron chi connectivity index (χ4n) is 4.06. The molecule has 136 valence electrons. The maximum atomic E-state index is 12.9. The van der Waals surface area contributed by atoms with Crippen LogP contribution in [0, 0.1) is 0 Å². The molecule has 0 aromatic carbocycles. The first-order chi connectivity index (χ1) is 12.7. The molecule has 0 saturated carbocycles. The van der Waals surface area contributed by atoms with E-state index >= 15 is 0 Å². The first-order valence-electron chi connectivity index (χ1n) is 9.59. The number of likely N-dealkylation sites (N-methyl/N-ethyl adjacent to an activating group) is 1. The number of pyridine rings is 1. The molecule has 1 aliphatic heterocycles. The van der Waals surface area contributed by atoms with Crippen molar-refractivity contribution in [1.82, 2.24) is 19.9 Å². The van der Waals surface area contributed by atoms with E-state index in [1.54, 1.807) is 6.20 Å². The third-order valence-electron chi connectivity index (χ3n) is 5.43. The molecule has 0 radical (unpaired) electrons. The highest BCUT2D eigenvalue weighted by molar-refractivity contribution is 5.86. The van der Waals surface area contributed by atoms with E-state index in [0.29, 0.717) is 5.82 Å². The molecule has 0 unspecified atom stereocenters. The number of aromatic nitrogens is 3. The summed E-state index contributed by atoms with van der Waals surface area (Å²) in [6.07, 6.45) is 5.62. The van der Waals surface area contributed by atoms with E-state index in [4.69, 9.17) is 9.97 Å². The lowest BCUT2D eigenvalue weighted by Crippen LogP contribution is -2.57. The number of aryl methyl sites for hydroxylation is 1. The van der Waals surface area contributed by atoms with E-state index in [1.165, 1.54) is 5.56 Å². The van der Waals surface area contributed by atoms with Gasteiger partial charge in [-0.15, -0.1) is 0 Å². The molecule has 2 aromatic heterocycles. The molecule has 1 atom stereocenters. The van der Waals surface area contributed by atoms with Gasteiger partial charge in [-0.25, -0.2) is 9.97 Å². The number of fused-ring (bicyclic) bond motifs is 1. The monoisotopic (exact) mass is 351 g/mol. The van der Waals surface area contributed by atoms with Crippen LogP contribution in [0.5, 0.6) is 0 Å². The molecular formula is C20H25N5O. The molecule has 6 heteroatoms. The third-order valence-corrected chi connectivity index (χ3v) is 5.43. The quantitative estimate of drug-likeness (QED) is 0.847. The standard InChI is InChI=1S/C20H25N5O/c1-3-17-20(26)24(4-2)12-13-25(17)19-14-8-7-10-15(14)22-18(23-19)16-9-5-6-11-21-16/h5-6,9,11,17H,3-4,7-8,10,12-13H2,1-2H3/t17-/m1/s1. The van der Waals surface area contributed by atoms with Crippen LogP contribution in [-0.2, 0) is 17.6 Å². The maximum absolute atomic E-state index is 12.9. The van der Waals surface area contributed by atoms with E-state index < -0.39 is 0 Å². The van der Waals surface area contributed by atoms with Crippen LogP contribution in [0.3, 0.4) is 0 Å². The summed E-state index contributed by atoms with van der Waals surface area (Å²) >= 11 is 0. The zero-order valence-electron chi connectivity index (χ0n) is 15.5. The molecule has 2 aliphatic rings. The SMILES string of the molecule is CC[C@@H]1C(=O)N(CC)CCN1c1nc(-c2ccccn2)nc2c1CCC2. The van der Waals surface area contributed by atoms with Crippen LogP contribution in [0.1, 0.15) is 37.9 Å². The number of carbonyl (C=O) groups is 1. The second-order valence-corrected chi connectivity index (χ2v) is 6.90. The second kappa shape index (κ2) is 7.02. The minimum absolute atomic E-state index is 0.139. The molecule has 26 heavy (non-hydrogen) atoms. The minimum Gasteiger partial charge on any atom is -0.342 e. The first kappa shape index (κ1) is 16.9. The van der Waals surface area contributed by atoms with E-state index in [2.05, 4.69) is 16.8 Å². The molecular weight excluding hydrogens is 326 g/mol. The summed E-state index contributed by atoms with van der Waals surface area (Å²) in [6, 6.07) is 5.66. The summed E-state index contributed by atoms with van der Waals surface area (Å²) in [4.78, 5) is 31.1. The predicted molar refractivity (Wildman–Crippen MR) is 101 cm³/mol. The van der Waals surface area contributed by atoms with Gasteiger partial charge in [0.2, 0.25) is 5.91 Å². The number of anilines is 1. The normalized spacial score (nSPS) is 19.8. The molecule has 0 bridgehead atoms. The Morgan fingerprint density at radius 1 is 1.15 bits per heavy atom. The predicted octanol–water partition coefficient (Wildman–Crippen LogP) is 2.47. The van der Waals surface area contributed by atoms with Crippen molar-refractivity contribution in [2.45, 2.75) is 45.6 Å². The zero-order chi connectivity index (χ0) is 18.1. The van der Waals surface area contributed by atoms with Gasteiger partial charge in [0.15, 0.2) is 5.82 Å². The van der Waals surface area contributed by atoms with Crippen LogP contribution < -0.4 is 4.90 Å². The Morgan fingerprint density at radius 2 is 2.04 bits per heavy atom. The van der Waals surface area contributed by atoms with Crippen LogP contribution in [-0.4, -0.2) is 51.4 Å². The summed E-state index contributed by atoms with van der Waals surface area (Å²) in [6.45, 7) is 6.47. The number of rotatable bonds is 4. The summed E-state index contributed by atoms with van der Waals surface area (Å²) in [5, 5.41) is 0. The highest BCUT2D eigenvalue weighted by Gasteiger charge is 2.36. The highest BCUT2D eigenvalue weighted by Crippen LogP contribution is 2.33. The Bertz CT molecular complexity index is 807. The number of hydrogen-bond acceptors (Lipinski definition) is 5. The fourth-order valence-corrected chi connectivity index (χ4v) is 4.06. The van der Waals surface area contributed by atoms with Gasteiger partial charge in [-0.05, 0) is 44.7 Å². The summed E-state index contributed by atoms with van der Waals surface area (Å²) in [7, 11) is 0. The Morgan fingerprint density at radius 3 is 2.77 bits per heavy atom. The van der Waals surface area contributed by atoms with Crippen LogP contribution in [0.15, 0.2) is 24.4 Å². The molecule has 2 aromatic rings. The van der Waals surface area contributed by atoms with Gasteiger partial charge in [0.1, 0.15) is 17.6 Å². The van der Waals surface area contributed by atoms with Crippen molar-refractivity contribution >= 4 is 11.7 Å². The van der Waals surface area contributed by atoms with Crippen molar-refractivity contribution in [3.63, 3.8) is 0 Å². The molecule has 6 nitrogen and oxygen atoms in total. The fraction of sp³-hybridized carbons (Fsp3) is 0.500. The summed E-state index contributed by atoms with van der Waals surface area (Å²) < 4.78 is 0. The van der Waals surface area contributed by atoms with Gasteiger partial charge < -0.3 is 9.80 Å².